The molecule has 0 atom stereocenters. The Labute approximate surface area is 120 Å². The van der Waals surface area contributed by atoms with Crippen molar-refractivity contribution >= 4 is 17.2 Å². The van der Waals surface area contributed by atoms with Gasteiger partial charge in [0.15, 0.2) is 0 Å². The van der Waals surface area contributed by atoms with Gasteiger partial charge in [-0.15, -0.1) is 11.3 Å². The molecule has 0 amide bonds. The van der Waals surface area contributed by atoms with Crippen LogP contribution in [0, 0.1) is 6.92 Å². The molecule has 0 saturated carbocycles. The molecule has 0 unspecified atom stereocenters. The summed E-state index contributed by atoms with van der Waals surface area (Å²) >= 11 is 1.59. The quantitative estimate of drug-likeness (QED) is 0.799. The molecule has 0 fully saturated rings. The summed E-state index contributed by atoms with van der Waals surface area (Å²) in [5.74, 6) is 1.78. The molecule has 3 aromatic rings. The van der Waals surface area contributed by atoms with Gasteiger partial charge in [-0.1, -0.05) is 0 Å². The number of nitrogens with zero attached hydrogens (tertiary/aromatic N) is 3. The molecule has 2 N–H and O–H groups in total. The Hall–Kier alpha value is -2.47. The van der Waals surface area contributed by atoms with Crippen molar-refractivity contribution in [3.05, 3.63) is 47.0 Å². The van der Waals surface area contributed by atoms with Gasteiger partial charge in [0.25, 0.3) is 0 Å². The van der Waals surface area contributed by atoms with Gasteiger partial charge >= 0.3 is 0 Å². The third-order valence-corrected chi connectivity index (χ3v) is 3.38. The molecule has 100 valence electrons. The van der Waals surface area contributed by atoms with Gasteiger partial charge in [0.2, 0.25) is 0 Å². The van der Waals surface area contributed by atoms with Crippen LogP contribution in [-0.2, 0) is 0 Å². The lowest BCUT2D eigenvalue weighted by molar-refractivity contribution is 0.480. The van der Waals surface area contributed by atoms with Gasteiger partial charge in [-0.25, -0.2) is 9.97 Å². The van der Waals surface area contributed by atoms with E-state index in [4.69, 9.17) is 10.5 Å². The molecule has 3 heterocycles. The lowest BCUT2D eigenvalue weighted by Crippen LogP contribution is -1.91. The van der Waals surface area contributed by atoms with Crippen molar-refractivity contribution in [1.82, 2.24) is 15.0 Å². The summed E-state index contributed by atoms with van der Waals surface area (Å²) in [6, 6.07) is 7.11. The molecule has 6 heteroatoms. The molecular weight excluding hydrogens is 272 g/mol. The number of hydrogen-bond acceptors (Lipinski definition) is 6. The van der Waals surface area contributed by atoms with Crippen LogP contribution in [0.2, 0.25) is 0 Å². The van der Waals surface area contributed by atoms with E-state index in [-0.39, 0.29) is 0 Å². The maximum absolute atomic E-state index is 5.72. The largest absolute Gasteiger partial charge is 0.456 e. The highest BCUT2D eigenvalue weighted by Crippen LogP contribution is 2.26. The first kappa shape index (κ1) is 12.6. The van der Waals surface area contributed by atoms with Crippen LogP contribution in [0.15, 0.2) is 42.0 Å². The van der Waals surface area contributed by atoms with Crippen molar-refractivity contribution in [2.75, 3.05) is 5.73 Å². The van der Waals surface area contributed by atoms with Crippen molar-refractivity contribution in [3.63, 3.8) is 0 Å². The maximum Gasteiger partial charge on any atom is 0.145 e. The number of aryl methyl sites for hydroxylation is 1. The van der Waals surface area contributed by atoms with Gasteiger partial charge in [0.1, 0.15) is 17.3 Å². The Balaban J connectivity index is 1.86. The molecular formula is C14H12N4OS. The highest BCUT2D eigenvalue weighted by atomic mass is 32.1. The normalized spacial score (nSPS) is 10.4. The van der Waals surface area contributed by atoms with Gasteiger partial charge in [-0.3, -0.25) is 4.98 Å². The maximum atomic E-state index is 5.72. The first-order valence-electron chi connectivity index (χ1n) is 5.98. The zero-order valence-corrected chi connectivity index (χ0v) is 11.6. The Kier molecular flexibility index (Phi) is 3.30. The molecule has 0 spiro atoms. The van der Waals surface area contributed by atoms with Crippen molar-refractivity contribution in [2.45, 2.75) is 6.92 Å². The minimum atomic E-state index is 0.464. The van der Waals surface area contributed by atoms with Crippen molar-refractivity contribution in [1.29, 1.82) is 0 Å². The predicted octanol–water partition coefficient (Wildman–Crippen LogP) is 3.28. The molecule has 3 aromatic heterocycles. The van der Waals surface area contributed by atoms with Crippen LogP contribution in [0.25, 0.3) is 11.4 Å². The van der Waals surface area contributed by atoms with E-state index in [0.717, 1.165) is 16.4 Å². The Morgan fingerprint density at radius 2 is 2.00 bits per heavy atom. The number of thiazole rings is 1. The van der Waals surface area contributed by atoms with E-state index in [0.29, 0.717) is 17.3 Å². The van der Waals surface area contributed by atoms with Gasteiger partial charge < -0.3 is 10.5 Å². The molecule has 3 rings (SSSR count). The van der Waals surface area contributed by atoms with Gasteiger partial charge in [0, 0.05) is 17.6 Å². The number of pyridine rings is 2. The fourth-order valence-electron chi connectivity index (χ4n) is 1.68. The molecule has 0 aromatic carbocycles. The minimum Gasteiger partial charge on any atom is -0.456 e. The van der Waals surface area contributed by atoms with Crippen molar-refractivity contribution in [2.24, 2.45) is 0 Å². The lowest BCUT2D eigenvalue weighted by Gasteiger charge is -2.06. The molecule has 0 saturated heterocycles. The number of anilines is 1. The molecule has 5 nitrogen and oxygen atoms in total. The van der Waals surface area contributed by atoms with Gasteiger partial charge in [-0.2, -0.15) is 0 Å². The first-order chi connectivity index (χ1) is 9.70. The lowest BCUT2D eigenvalue weighted by atomic mass is 10.3. The predicted molar refractivity (Wildman–Crippen MR) is 78.8 cm³/mol. The average molecular weight is 284 g/mol. The average Bonchev–Trinajstić information content (AvgIpc) is 2.89. The van der Waals surface area contributed by atoms with E-state index in [1.54, 1.807) is 41.9 Å². The van der Waals surface area contributed by atoms with Gasteiger partial charge in [-0.05, 0) is 25.1 Å². The second-order valence-corrected chi connectivity index (χ2v) is 5.21. The summed E-state index contributed by atoms with van der Waals surface area (Å²) in [7, 11) is 0. The van der Waals surface area contributed by atoms with Crippen LogP contribution in [0.1, 0.15) is 5.01 Å². The third kappa shape index (κ3) is 2.75. The molecule has 0 radical (unpaired) electrons. The minimum absolute atomic E-state index is 0.464. The zero-order chi connectivity index (χ0) is 13.9. The summed E-state index contributed by atoms with van der Waals surface area (Å²) in [5.41, 5.74) is 7.18. The van der Waals surface area contributed by atoms with Crippen molar-refractivity contribution < 1.29 is 4.74 Å². The smallest absolute Gasteiger partial charge is 0.145 e. The Bertz CT molecular complexity index is 724. The van der Waals surface area contributed by atoms with E-state index in [2.05, 4.69) is 15.0 Å². The summed E-state index contributed by atoms with van der Waals surface area (Å²) < 4.78 is 5.72. The second kappa shape index (κ2) is 5.26. The number of nitrogen functional groups attached to an aromatic ring is 1. The number of aromatic nitrogens is 3. The first-order valence-corrected chi connectivity index (χ1v) is 6.86. The van der Waals surface area contributed by atoms with Crippen LogP contribution in [0.3, 0.4) is 0 Å². The fraction of sp³-hybridized carbons (Fsp3) is 0.0714. The summed E-state index contributed by atoms with van der Waals surface area (Å²) in [6.07, 6.45) is 3.28. The SMILES string of the molecule is Cc1nc(-c2cc(Oc3ccc(N)nc3)ccn2)cs1. The molecule has 0 aliphatic rings. The highest BCUT2D eigenvalue weighted by molar-refractivity contribution is 7.09. The number of rotatable bonds is 3. The van der Waals surface area contributed by atoms with E-state index < -0.39 is 0 Å². The number of hydrogen-bond donors (Lipinski definition) is 1. The molecule has 0 aliphatic carbocycles. The summed E-state index contributed by atoms with van der Waals surface area (Å²) in [6.45, 7) is 1.97. The van der Waals surface area contributed by atoms with E-state index in [9.17, 15) is 0 Å². The molecule has 0 bridgehead atoms. The Morgan fingerprint density at radius 1 is 1.10 bits per heavy atom. The van der Waals surface area contributed by atoms with Crippen LogP contribution in [0.4, 0.5) is 5.82 Å². The van der Waals surface area contributed by atoms with Crippen LogP contribution in [0.5, 0.6) is 11.5 Å². The summed E-state index contributed by atoms with van der Waals surface area (Å²) in [5, 5.41) is 2.99. The van der Waals surface area contributed by atoms with E-state index >= 15 is 0 Å². The van der Waals surface area contributed by atoms with Gasteiger partial charge in [0.05, 0.1) is 22.6 Å². The number of nitrogens with two attached hydrogens (primary N) is 1. The monoisotopic (exact) mass is 284 g/mol. The van der Waals surface area contributed by atoms with E-state index in [1.807, 2.05) is 18.4 Å². The van der Waals surface area contributed by atoms with E-state index in [1.165, 1.54) is 0 Å². The molecule has 20 heavy (non-hydrogen) atoms. The zero-order valence-electron chi connectivity index (χ0n) is 10.8. The van der Waals surface area contributed by atoms with Crippen LogP contribution < -0.4 is 10.5 Å². The second-order valence-electron chi connectivity index (χ2n) is 4.15. The van der Waals surface area contributed by atoms with Crippen LogP contribution in [-0.4, -0.2) is 15.0 Å². The topological polar surface area (TPSA) is 73.9 Å². The van der Waals surface area contributed by atoms with Crippen molar-refractivity contribution in [3.8, 4) is 22.9 Å². The highest BCUT2D eigenvalue weighted by Gasteiger charge is 2.06. The number of ether oxygens (including phenoxy) is 1. The molecule has 0 aliphatic heterocycles. The third-order valence-electron chi connectivity index (χ3n) is 2.61. The standard InChI is InChI=1S/C14H12N4OS/c1-9-18-13(8-20-9)12-6-10(4-5-16-12)19-11-2-3-14(15)17-7-11/h2-8H,1H3,(H2,15,17). The summed E-state index contributed by atoms with van der Waals surface area (Å²) in [4.78, 5) is 12.7. The Morgan fingerprint density at radius 3 is 2.70 bits per heavy atom. The fourth-order valence-corrected chi connectivity index (χ4v) is 2.29. The van der Waals surface area contributed by atoms with Crippen LogP contribution >= 0.6 is 11.3 Å².